The average Bonchev–Trinajstić information content (AvgIpc) is 3.07. The third-order valence-corrected chi connectivity index (χ3v) is 5.90. The molecule has 0 saturated heterocycles. The summed E-state index contributed by atoms with van der Waals surface area (Å²) in [6.07, 6.45) is 8.11. The molecule has 1 N–H and O–H groups in total. The van der Waals surface area contributed by atoms with Crippen molar-refractivity contribution in [2.24, 2.45) is 5.10 Å². The molecular formula is C19H18N4O2S. The Morgan fingerprint density at radius 2 is 1.96 bits per heavy atom. The van der Waals surface area contributed by atoms with Gasteiger partial charge in [-0.25, -0.2) is 9.97 Å². The first-order valence-corrected chi connectivity index (χ1v) is 9.64. The Hall–Kier alpha value is -2.67. The quantitative estimate of drug-likeness (QED) is 0.564. The van der Waals surface area contributed by atoms with Gasteiger partial charge >= 0.3 is 0 Å². The van der Waals surface area contributed by atoms with E-state index < -0.39 is 0 Å². The summed E-state index contributed by atoms with van der Waals surface area (Å²) in [4.78, 5) is 11.4. The van der Waals surface area contributed by atoms with Crippen molar-refractivity contribution < 1.29 is 9.47 Å². The molecule has 5 rings (SSSR count). The van der Waals surface area contributed by atoms with E-state index in [2.05, 4.69) is 20.5 Å². The number of fused-ring (bicyclic) bond motifs is 4. The second-order valence-corrected chi connectivity index (χ2v) is 7.47. The van der Waals surface area contributed by atoms with E-state index in [1.54, 1.807) is 23.9 Å². The highest BCUT2D eigenvalue weighted by Gasteiger charge is 2.19. The van der Waals surface area contributed by atoms with Crippen molar-refractivity contribution in [1.82, 2.24) is 9.97 Å². The van der Waals surface area contributed by atoms with Gasteiger partial charge in [-0.05, 0) is 55.0 Å². The molecule has 0 bridgehead atoms. The molecule has 0 atom stereocenters. The summed E-state index contributed by atoms with van der Waals surface area (Å²) in [6.45, 7) is 1.17. The molecule has 1 aliphatic heterocycles. The normalized spacial score (nSPS) is 16.0. The van der Waals surface area contributed by atoms with Crippen LogP contribution in [0.25, 0.3) is 10.2 Å². The van der Waals surface area contributed by atoms with Crippen LogP contribution in [0.4, 0.5) is 5.82 Å². The van der Waals surface area contributed by atoms with Crippen LogP contribution in [0.5, 0.6) is 11.5 Å². The van der Waals surface area contributed by atoms with Crippen molar-refractivity contribution in [2.45, 2.75) is 25.7 Å². The Kier molecular flexibility index (Phi) is 3.93. The van der Waals surface area contributed by atoms with Gasteiger partial charge in [0, 0.05) is 4.88 Å². The lowest BCUT2D eigenvalue weighted by atomic mass is 9.97. The third-order valence-electron chi connectivity index (χ3n) is 4.70. The Labute approximate surface area is 154 Å². The number of aromatic nitrogens is 2. The number of aryl methyl sites for hydroxylation is 2. The largest absolute Gasteiger partial charge is 0.486 e. The molecule has 1 aromatic carbocycles. The number of hydrazone groups is 1. The number of hydrogen-bond donors (Lipinski definition) is 1. The first kappa shape index (κ1) is 15.6. The van der Waals surface area contributed by atoms with Crippen LogP contribution in [0.15, 0.2) is 29.6 Å². The van der Waals surface area contributed by atoms with Crippen LogP contribution >= 0.6 is 11.3 Å². The number of ether oxygens (including phenoxy) is 2. The lowest BCUT2D eigenvalue weighted by Crippen LogP contribution is -2.15. The van der Waals surface area contributed by atoms with E-state index in [1.807, 2.05) is 18.2 Å². The molecule has 1 aliphatic carbocycles. The summed E-state index contributed by atoms with van der Waals surface area (Å²) in [6, 6.07) is 5.80. The van der Waals surface area contributed by atoms with E-state index >= 15 is 0 Å². The van der Waals surface area contributed by atoms with Gasteiger partial charge in [0.25, 0.3) is 0 Å². The summed E-state index contributed by atoms with van der Waals surface area (Å²) in [5.74, 6) is 2.32. The van der Waals surface area contributed by atoms with Crippen molar-refractivity contribution in [3.05, 3.63) is 40.5 Å². The van der Waals surface area contributed by atoms with Crippen molar-refractivity contribution in [2.75, 3.05) is 18.6 Å². The predicted molar refractivity (Wildman–Crippen MR) is 103 cm³/mol. The number of benzene rings is 1. The van der Waals surface area contributed by atoms with Crippen LogP contribution in [0.2, 0.25) is 0 Å². The van der Waals surface area contributed by atoms with Crippen LogP contribution in [0, 0.1) is 0 Å². The number of anilines is 1. The summed E-state index contributed by atoms with van der Waals surface area (Å²) in [5.41, 5.74) is 5.45. The molecule has 2 aliphatic rings. The third kappa shape index (κ3) is 2.78. The number of nitrogens with zero attached hydrogens (tertiary/aromatic N) is 3. The van der Waals surface area contributed by atoms with Crippen molar-refractivity contribution >= 4 is 33.6 Å². The molecular weight excluding hydrogens is 348 g/mol. The van der Waals surface area contributed by atoms with Gasteiger partial charge in [-0.15, -0.1) is 11.3 Å². The lowest BCUT2D eigenvalue weighted by Gasteiger charge is -2.18. The Bertz CT molecular complexity index is 999. The highest BCUT2D eigenvalue weighted by atomic mass is 32.1. The van der Waals surface area contributed by atoms with Gasteiger partial charge < -0.3 is 9.47 Å². The van der Waals surface area contributed by atoms with Gasteiger partial charge in [-0.1, -0.05) is 0 Å². The second-order valence-electron chi connectivity index (χ2n) is 6.39. The fourth-order valence-electron chi connectivity index (χ4n) is 3.48. The Morgan fingerprint density at radius 1 is 1.08 bits per heavy atom. The topological polar surface area (TPSA) is 68.6 Å². The van der Waals surface area contributed by atoms with Crippen LogP contribution < -0.4 is 14.9 Å². The van der Waals surface area contributed by atoms with Crippen LogP contribution in [0.1, 0.15) is 28.8 Å². The van der Waals surface area contributed by atoms with Gasteiger partial charge in [-0.2, -0.15) is 5.10 Å². The first-order chi connectivity index (χ1) is 12.9. The number of thiophene rings is 1. The zero-order valence-corrected chi connectivity index (χ0v) is 15.0. The van der Waals surface area contributed by atoms with Crippen molar-refractivity contribution in [3.8, 4) is 11.5 Å². The van der Waals surface area contributed by atoms with E-state index in [0.29, 0.717) is 13.2 Å². The monoisotopic (exact) mass is 366 g/mol. The standard InChI is InChI=1S/C19H18N4O2S/c1-2-4-16-13(3-1)17-18(20-11-21-19(17)26-16)23-22-10-12-5-6-14-15(9-12)25-8-7-24-14/h5-6,9-11H,1-4,7-8H2,(H,20,21,23). The molecule has 0 unspecified atom stereocenters. The predicted octanol–water partition coefficient (Wildman–Crippen LogP) is 3.79. The molecule has 3 aromatic rings. The average molecular weight is 366 g/mol. The smallest absolute Gasteiger partial charge is 0.162 e. The molecule has 3 heterocycles. The maximum absolute atomic E-state index is 5.61. The molecule has 0 amide bonds. The molecule has 132 valence electrons. The van der Waals surface area contributed by atoms with Crippen molar-refractivity contribution in [1.29, 1.82) is 0 Å². The SMILES string of the molecule is C(=NNc1ncnc2sc3c(c12)CCCC3)c1ccc2c(c1)OCCO2. The van der Waals surface area contributed by atoms with Gasteiger partial charge in [0.05, 0.1) is 11.6 Å². The molecule has 0 spiro atoms. The minimum atomic E-state index is 0.577. The minimum absolute atomic E-state index is 0.577. The molecule has 26 heavy (non-hydrogen) atoms. The van der Waals surface area contributed by atoms with E-state index in [0.717, 1.165) is 45.9 Å². The fraction of sp³-hybridized carbons (Fsp3) is 0.316. The van der Waals surface area contributed by atoms with Gasteiger partial charge in [-0.3, -0.25) is 5.43 Å². The van der Waals surface area contributed by atoms with E-state index in [1.165, 1.54) is 23.3 Å². The highest BCUT2D eigenvalue weighted by molar-refractivity contribution is 7.19. The molecule has 2 aromatic heterocycles. The number of rotatable bonds is 3. The molecule has 0 saturated carbocycles. The zero-order chi connectivity index (χ0) is 17.3. The van der Waals surface area contributed by atoms with Crippen LogP contribution in [0.3, 0.4) is 0 Å². The Morgan fingerprint density at radius 3 is 2.92 bits per heavy atom. The summed E-state index contributed by atoms with van der Waals surface area (Å²) >= 11 is 1.79. The minimum Gasteiger partial charge on any atom is -0.486 e. The van der Waals surface area contributed by atoms with Gasteiger partial charge in [0.1, 0.15) is 24.4 Å². The maximum atomic E-state index is 5.61. The van der Waals surface area contributed by atoms with Gasteiger partial charge in [0.15, 0.2) is 17.3 Å². The summed E-state index contributed by atoms with van der Waals surface area (Å²) in [7, 11) is 0. The van der Waals surface area contributed by atoms with E-state index in [-0.39, 0.29) is 0 Å². The van der Waals surface area contributed by atoms with Crippen LogP contribution in [-0.2, 0) is 12.8 Å². The summed E-state index contributed by atoms with van der Waals surface area (Å²) in [5, 5.41) is 5.51. The number of hydrogen-bond acceptors (Lipinski definition) is 7. The van der Waals surface area contributed by atoms with Crippen molar-refractivity contribution in [3.63, 3.8) is 0 Å². The molecule has 0 radical (unpaired) electrons. The first-order valence-electron chi connectivity index (χ1n) is 8.82. The zero-order valence-electron chi connectivity index (χ0n) is 14.2. The molecule has 0 fully saturated rings. The van der Waals surface area contributed by atoms with E-state index in [4.69, 9.17) is 9.47 Å². The van der Waals surface area contributed by atoms with Crippen LogP contribution in [-0.4, -0.2) is 29.4 Å². The van der Waals surface area contributed by atoms with E-state index in [9.17, 15) is 0 Å². The summed E-state index contributed by atoms with van der Waals surface area (Å²) < 4.78 is 11.2. The Balaban J connectivity index is 1.41. The number of nitrogens with one attached hydrogen (secondary N) is 1. The molecule has 7 heteroatoms. The molecule has 6 nitrogen and oxygen atoms in total. The second kappa shape index (κ2) is 6.57. The highest BCUT2D eigenvalue weighted by Crippen LogP contribution is 2.38. The lowest BCUT2D eigenvalue weighted by molar-refractivity contribution is 0.171. The maximum Gasteiger partial charge on any atom is 0.162 e. The van der Waals surface area contributed by atoms with Gasteiger partial charge in [0.2, 0.25) is 0 Å². The fourth-order valence-corrected chi connectivity index (χ4v) is 4.71.